The van der Waals surface area contributed by atoms with Gasteiger partial charge in [-0.15, -0.1) is 0 Å². The Labute approximate surface area is 132 Å². The van der Waals surface area contributed by atoms with Gasteiger partial charge in [-0.1, -0.05) is 29.8 Å². The third kappa shape index (κ3) is 4.11. The van der Waals surface area contributed by atoms with Crippen molar-refractivity contribution >= 4 is 21.9 Å². The number of rotatable bonds is 4. The smallest absolute Gasteiger partial charge is 0.303 e. The predicted molar refractivity (Wildman–Crippen MR) is 82.7 cm³/mol. The molecule has 0 aromatic heterocycles. The number of carboxylic acid groups (broad SMARTS) is 1. The maximum atomic E-state index is 10.7. The fourth-order valence-corrected chi connectivity index (χ4v) is 2.70. The summed E-state index contributed by atoms with van der Waals surface area (Å²) in [5.74, 6) is 0.490. The molecule has 0 aliphatic carbocycles. The summed E-state index contributed by atoms with van der Waals surface area (Å²) in [6, 6.07) is 3.32. The largest absolute Gasteiger partial charge is 0.489 e. The second-order valence-electron chi connectivity index (χ2n) is 6.10. The minimum absolute atomic E-state index is 0.0368. The van der Waals surface area contributed by atoms with Gasteiger partial charge < -0.3 is 20.3 Å². The molecule has 1 heterocycles. The topological polar surface area (TPSA) is 81.8 Å². The number of benzene rings is 1. The normalized spacial score (nSPS) is 17.9. The quantitative estimate of drug-likeness (QED) is 0.864. The van der Waals surface area contributed by atoms with Crippen LogP contribution in [-0.2, 0) is 4.79 Å². The number of halogens is 1. The Morgan fingerprint density at radius 2 is 1.95 bits per heavy atom. The van der Waals surface area contributed by atoms with Crippen molar-refractivity contribution in [3.05, 3.63) is 22.2 Å². The average Bonchev–Trinajstić information content (AvgIpc) is 2.54. The molecule has 6 heteroatoms. The zero-order chi connectivity index (χ0) is 15.6. The highest BCUT2D eigenvalue weighted by Crippen LogP contribution is 2.39. The van der Waals surface area contributed by atoms with Crippen LogP contribution in [0.4, 0.5) is 0 Å². The summed E-state index contributed by atoms with van der Waals surface area (Å²) in [4.78, 5) is 10.7. The Kier molecular flexibility index (Phi) is 4.78. The number of nitrogens with two attached hydrogens (primary N) is 1. The Bertz CT molecular complexity index is 545. The monoisotopic (exact) mass is 357 g/mol. The molecule has 0 saturated heterocycles. The number of aliphatic carboxylic acids is 1. The maximum Gasteiger partial charge on any atom is 0.303 e. The van der Waals surface area contributed by atoms with Gasteiger partial charge in [0.25, 0.3) is 0 Å². The summed E-state index contributed by atoms with van der Waals surface area (Å²) in [5, 5.41) is 8.75. The van der Waals surface area contributed by atoms with Crippen LogP contribution in [0.15, 0.2) is 16.6 Å². The van der Waals surface area contributed by atoms with E-state index >= 15 is 0 Å². The highest BCUT2D eigenvalue weighted by atomic mass is 79.9. The molecule has 0 spiro atoms. The minimum Gasteiger partial charge on any atom is -0.489 e. The number of hydrogen-bond acceptors (Lipinski definition) is 4. The molecule has 2 rings (SSSR count). The lowest BCUT2D eigenvalue weighted by Crippen LogP contribution is -2.26. The molecule has 116 valence electrons. The Hall–Kier alpha value is -1.27. The van der Waals surface area contributed by atoms with Crippen molar-refractivity contribution in [1.29, 1.82) is 0 Å². The second-order valence-corrected chi connectivity index (χ2v) is 6.96. The first-order valence-electron chi connectivity index (χ1n) is 6.85. The molecule has 1 aliphatic heterocycles. The highest BCUT2D eigenvalue weighted by Gasteiger charge is 2.26. The van der Waals surface area contributed by atoms with E-state index < -0.39 is 5.97 Å². The summed E-state index contributed by atoms with van der Waals surface area (Å²) >= 11 is 3.47. The molecule has 0 saturated carbocycles. The summed E-state index contributed by atoms with van der Waals surface area (Å²) in [7, 11) is 0. The molecule has 0 radical (unpaired) electrons. The number of fused-ring (bicyclic) bond motifs is 1. The second kappa shape index (κ2) is 6.23. The van der Waals surface area contributed by atoms with Gasteiger partial charge in [-0.05, 0) is 24.1 Å². The molecule has 1 unspecified atom stereocenters. The molecule has 1 aliphatic rings. The van der Waals surface area contributed by atoms with E-state index in [9.17, 15) is 4.79 Å². The van der Waals surface area contributed by atoms with Crippen LogP contribution in [0.2, 0.25) is 0 Å². The molecule has 0 fully saturated rings. The van der Waals surface area contributed by atoms with Gasteiger partial charge in [0, 0.05) is 22.4 Å². The van der Waals surface area contributed by atoms with Gasteiger partial charge in [0.15, 0.2) is 11.5 Å². The molecule has 0 amide bonds. The van der Waals surface area contributed by atoms with E-state index in [4.69, 9.17) is 20.3 Å². The first kappa shape index (κ1) is 16.1. The predicted octanol–water partition coefficient (Wildman–Crippen LogP) is 3.11. The fourth-order valence-electron chi connectivity index (χ4n) is 2.08. The lowest BCUT2D eigenvalue weighted by Gasteiger charge is -2.19. The number of carboxylic acids is 1. The summed E-state index contributed by atoms with van der Waals surface area (Å²) in [6.45, 7) is 5.29. The molecule has 1 aromatic carbocycles. The maximum absolute atomic E-state index is 10.7. The van der Waals surface area contributed by atoms with Gasteiger partial charge in [-0.25, -0.2) is 0 Å². The van der Waals surface area contributed by atoms with E-state index in [0.29, 0.717) is 31.1 Å². The van der Waals surface area contributed by atoms with E-state index in [-0.39, 0.29) is 17.9 Å². The Balaban J connectivity index is 2.22. The highest BCUT2D eigenvalue weighted by molar-refractivity contribution is 9.10. The van der Waals surface area contributed by atoms with Gasteiger partial charge in [0.2, 0.25) is 0 Å². The molecule has 5 nitrogen and oxygen atoms in total. The van der Waals surface area contributed by atoms with Crippen molar-refractivity contribution < 1.29 is 19.4 Å². The molecule has 3 N–H and O–H groups in total. The van der Waals surface area contributed by atoms with Crippen LogP contribution in [0.5, 0.6) is 11.5 Å². The first-order chi connectivity index (χ1) is 9.78. The molecular weight excluding hydrogens is 338 g/mol. The average molecular weight is 358 g/mol. The van der Waals surface area contributed by atoms with Crippen LogP contribution in [0.3, 0.4) is 0 Å². The van der Waals surface area contributed by atoms with Crippen LogP contribution >= 0.6 is 15.9 Å². The fraction of sp³-hybridized carbons (Fsp3) is 0.533. The van der Waals surface area contributed by atoms with Crippen molar-refractivity contribution in [2.24, 2.45) is 11.1 Å². The number of hydrogen-bond donors (Lipinski definition) is 2. The summed E-state index contributed by atoms with van der Waals surface area (Å²) in [5.41, 5.74) is 6.85. The lowest BCUT2D eigenvalue weighted by atomic mass is 9.97. The summed E-state index contributed by atoms with van der Waals surface area (Å²) in [6.07, 6.45) is 0.411. The van der Waals surface area contributed by atoms with Crippen molar-refractivity contribution in [3.63, 3.8) is 0 Å². The van der Waals surface area contributed by atoms with Gasteiger partial charge in [-0.3, -0.25) is 4.79 Å². The van der Waals surface area contributed by atoms with Crippen molar-refractivity contribution in [1.82, 2.24) is 0 Å². The van der Waals surface area contributed by atoms with E-state index in [1.807, 2.05) is 12.1 Å². The van der Waals surface area contributed by atoms with Crippen LogP contribution in [-0.4, -0.2) is 24.3 Å². The SMILES string of the molecule is CC1(C)COc2cc(Br)c(C(N)CCC(=O)O)cc2OC1. The van der Waals surface area contributed by atoms with Gasteiger partial charge in [0.05, 0.1) is 13.2 Å². The zero-order valence-electron chi connectivity index (χ0n) is 12.2. The van der Waals surface area contributed by atoms with E-state index in [1.54, 1.807) is 0 Å². The number of ether oxygens (including phenoxy) is 2. The van der Waals surface area contributed by atoms with Crippen molar-refractivity contribution in [2.45, 2.75) is 32.7 Å². The number of carbonyl (C=O) groups is 1. The van der Waals surface area contributed by atoms with Crippen molar-refractivity contribution in [3.8, 4) is 11.5 Å². The van der Waals surface area contributed by atoms with Gasteiger partial charge in [0.1, 0.15) is 0 Å². The molecule has 1 aromatic rings. The molecular formula is C15H20BrNO4. The third-order valence-electron chi connectivity index (χ3n) is 3.37. The Morgan fingerprint density at radius 3 is 2.52 bits per heavy atom. The van der Waals surface area contributed by atoms with Crippen LogP contribution in [0, 0.1) is 5.41 Å². The minimum atomic E-state index is -0.849. The van der Waals surface area contributed by atoms with Crippen LogP contribution in [0.25, 0.3) is 0 Å². The van der Waals surface area contributed by atoms with Crippen LogP contribution in [0.1, 0.15) is 38.3 Å². The Morgan fingerprint density at radius 1 is 1.38 bits per heavy atom. The standard InChI is InChI=1S/C15H20BrNO4/c1-15(2)7-20-12-5-9(11(17)3-4-14(18)19)10(16)6-13(12)21-8-15/h5-6,11H,3-4,7-8,17H2,1-2H3,(H,18,19). The zero-order valence-corrected chi connectivity index (χ0v) is 13.8. The summed E-state index contributed by atoms with van der Waals surface area (Å²) < 4.78 is 12.4. The molecule has 21 heavy (non-hydrogen) atoms. The van der Waals surface area contributed by atoms with E-state index in [1.165, 1.54) is 0 Å². The molecule has 0 bridgehead atoms. The third-order valence-corrected chi connectivity index (χ3v) is 4.06. The van der Waals surface area contributed by atoms with Crippen LogP contribution < -0.4 is 15.2 Å². The van der Waals surface area contributed by atoms with Crippen molar-refractivity contribution in [2.75, 3.05) is 13.2 Å². The first-order valence-corrected chi connectivity index (χ1v) is 7.64. The van der Waals surface area contributed by atoms with Gasteiger partial charge in [-0.2, -0.15) is 0 Å². The molecule has 1 atom stereocenters. The van der Waals surface area contributed by atoms with E-state index in [0.717, 1.165) is 10.0 Å². The van der Waals surface area contributed by atoms with Gasteiger partial charge >= 0.3 is 5.97 Å². The van der Waals surface area contributed by atoms with E-state index in [2.05, 4.69) is 29.8 Å². The lowest BCUT2D eigenvalue weighted by molar-refractivity contribution is -0.137.